The van der Waals surface area contributed by atoms with Crippen molar-refractivity contribution in [2.75, 3.05) is 0 Å². The topological polar surface area (TPSA) is 74.6 Å². The molecule has 6 heteroatoms. The molecule has 0 aromatic carbocycles. The first kappa shape index (κ1) is 21.2. The van der Waals surface area contributed by atoms with Gasteiger partial charge < -0.3 is 10.2 Å². The zero-order valence-corrected chi connectivity index (χ0v) is 9.90. The van der Waals surface area contributed by atoms with E-state index < -0.39 is 11.9 Å². The summed E-state index contributed by atoms with van der Waals surface area (Å²) in [5.74, 6) is -0.754. The second-order valence-corrected chi connectivity index (χ2v) is 5.27. The van der Waals surface area contributed by atoms with Crippen molar-refractivity contribution in [1.82, 2.24) is 0 Å². The molecule has 0 heterocycles. The molecule has 2 N–H and O–H groups in total. The second-order valence-electron chi connectivity index (χ2n) is 5.27. The Balaban J connectivity index is 0. The third-order valence-electron chi connectivity index (χ3n) is 3.84. The van der Waals surface area contributed by atoms with Gasteiger partial charge in [-0.1, -0.05) is 20.3 Å². The summed E-state index contributed by atoms with van der Waals surface area (Å²) in [5.41, 5.74) is 0.127. The Bertz CT molecular complexity index is 292. The fourth-order valence-electron chi connectivity index (χ4n) is 2.66. The molecule has 0 aliphatic heterocycles. The molecule has 0 spiro atoms. The molecule has 1 aliphatic carbocycles. The number of carbonyl (C=O) groups is 2. The van der Waals surface area contributed by atoms with Gasteiger partial charge in [-0.15, -0.1) is 0 Å². The number of carboxylic acid groups (broad SMARTS) is 2. The van der Waals surface area contributed by atoms with Gasteiger partial charge in [0.1, 0.15) is 0 Å². The first-order chi connectivity index (χ1) is 7.35. The summed E-state index contributed by atoms with van der Waals surface area (Å²) in [5, 5.41) is 17.2. The summed E-state index contributed by atoms with van der Waals surface area (Å²) in [7, 11) is 0. The third-order valence-corrected chi connectivity index (χ3v) is 3.84. The van der Waals surface area contributed by atoms with E-state index >= 15 is 0 Å². The number of rotatable bonds is 7. The van der Waals surface area contributed by atoms with Gasteiger partial charge in [-0.2, -0.15) is 0 Å². The van der Waals surface area contributed by atoms with Crippen molar-refractivity contribution in [2.24, 2.45) is 17.3 Å². The van der Waals surface area contributed by atoms with E-state index in [4.69, 9.17) is 10.2 Å². The van der Waals surface area contributed by atoms with Crippen LogP contribution in [0.25, 0.3) is 0 Å². The molecule has 1 rings (SSSR count). The predicted molar refractivity (Wildman–Crippen MR) is 73.4 cm³/mol. The number of hydrogen-bond donors (Lipinski definition) is 2. The van der Waals surface area contributed by atoms with Gasteiger partial charge in [0.25, 0.3) is 0 Å². The summed E-state index contributed by atoms with van der Waals surface area (Å²) in [4.78, 5) is 20.9. The Kier molecular flexibility index (Phi) is 10.6. The second kappa shape index (κ2) is 8.98. The number of hydrogen-bond acceptors (Lipinski definition) is 2. The Morgan fingerprint density at radius 2 is 1.56 bits per heavy atom. The minimum absolute atomic E-state index is 0. The zero-order valence-electron chi connectivity index (χ0n) is 9.90. The third kappa shape index (κ3) is 6.40. The quantitative estimate of drug-likeness (QED) is 0.539. The van der Waals surface area contributed by atoms with Crippen LogP contribution in [0.2, 0.25) is 0 Å². The average molecular weight is 276 g/mol. The van der Waals surface area contributed by atoms with E-state index in [0.29, 0.717) is 12.3 Å². The van der Waals surface area contributed by atoms with Crippen LogP contribution in [0.3, 0.4) is 0 Å². The van der Waals surface area contributed by atoms with Gasteiger partial charge in [-0.25, -0.2) is 0 Å². The molecular weight excluding hydrogens is 254 g/mol. The molecule has 2 unspecified atom stereocenters. The molecule has 0 radical (unpaired) electrons. The fraction of sp³-hybridized carbons (Fsp3) is 0.833. The van der Waals surface area contributed by atoms with Crippen LogP contribution in [-0.4, -0.2) is 81.3 Å². The molecule has 1 aliphatic rings. The Morgan fingerprint density at radius 1 is 1.00 bits per heavy atom. The number of unbranched alkanes of at least 4 members (excludes halogenated alkanes) is 1. The van der Waals surface area contributed by atoms with E-state index in [1.165, 1.54) is 0 Å². The normalized spacial score (nSPS) is 23.4. The van der Waals surface area contributed by atoms with E-state index in [1.54, 1.807) is 0 Å². The summed E-state index contributed by atoms with van der Waals surface area (Å²) >= 11 is 0. The molecule has 0 bridgehead atoms. The van der Waals surface area contributed by atoms with E-state index in [1.807, 2.05) is 0 Å². The minimum atomic E-state index is -0.753. The van der Waals surface area contributed by atoms with Crippen LogP contribution in [0, 0.1) is 17.3 Å². The van der Waals surface area contributed by atoms with Crippen molar-refractivity contribution in [3.8, 4) is 0 Å². The van der Waals surface area contributed by atoms with Crippen molar-refractivity contribution in [3.63, 3.8) is 0 Å². The van der Waals surface area contributed by atoms with Crippen LogP contribution in [0.4, 0.5) is 0 Å². The van der Waals surface area contributed by atoms with E-state index in [2.05, 4.69) is 13.8 Å². The van der Waals surface area contributed by atoms with Crippen LogP contribution in [0.5, 0.6) is 0 Å². The zero-order chi connectivity index (χ0) is 12.3. The first-order valence-corrected chi connectivity index (χ1v) is 5.79. The standard InChI is InChI=1S/C12H20O4.2Na.2H/c1-12(2)8(9(12)7-11(15)16)5-3-4-6-10(13)14;;;;/h8-9H,3-7H2,1-2H3,(H,13,14)(H,15,16);;;;. The summed E-state index contributed by atoms with van der Waals surface area (Å²) in [6.45, 7) is 4.20. The van der Waals surface area contributed by atoms with Gasteiger partial charge in [-0.05, 0) is 30.1 Å². The first-order valence-electron chi connectivity index (χ1n) is 5.79. The molecule has 0 aromatic rings. The van der Waals surface area contributed by atoms with E-state index in [0.717, 1.165) is 12.8 Å². The molecule has 0 amide bonds. The van der Waals surface area contributed by atoms with Crippen LogP contribution < -0.4 is 0 Å². The van der Waals surface area contributed by atoms with Crippen molar-refractivity contribution in [3.05, 3.63) is 0 Å². The molecule has 0 saturated heterocycles. The molecule has 1 saturated carbocycles. The number of carboxylic acids is 2. The van der Waals surface area contributed by atoms with Gasteiger partial charge in [-0.3, -0.25) is 9.59 Å². The summed E-state index contributed by atoms with van der Waals surface area (Å²) in [6, 6.07) is 0. The monoisotopic (exact) mass is 276 g/mol. The molecule has 96 valence electrons. The van der Waals surface area contributed by atoms with Crippen molar-refractivity contribution < 1.29 is 19.8 Å². The van der Waals surface area contributed by atoms with Gasteiger partial charge in [0.15, 0.2) is 0 Å². The van der Waals surface area contributed by atoms with E-state index in [9.17, 15) is 9.59 Å². The SMILES string of the molecule is CC1(C)C(CCCCC(=O)O)C1CC(=O)O.[NaH].[NaH]. The summed E-state index contributed by atoms with van der Waals surface area (Å²) < 4.78 is 0. The van der Waals surface area contributed by atoms with Crippen LogP contribution >= 0.6 is 0 Å². The molecule has 2 atom stereocenters. The van der Waals surface area contributed by atoms with Crippen molar-refractivity contribution in [2.45, 2.75) is 46.0 Å². The average Bonchev–Trinajstić information content (AvgIpc) is 2.61. The Morgan fingerprint density at radius 3 is 2.00 bits per heavy atom. The molecule has 18 heavy (non-hydrogen) atoms. The van der Waals surface area contributed by atoms with Crippen molar-refractivity contribution >= 4 is 71.1 Å². The van der Waals surface area contributed by atoms with Crippen molar-refractivity contribution in [1.29, 1.82) is 0 Å². The molecular formula is C12H22Na2O4. The van der Waals surface area contributed by atoms with Crippen LogP contribution in [0.15, 0.2) is 0 Å². The van der Waals surface area contributed by atoms with Gasteiger partial charge in [0.2, 0.25) is 0 Å². The Hall–Kier alpha value is 0.940. The van der Waals surface area contributed by atoms with Crippen LogP contribution in [-0.2, 0) is 9.59 Å². The van der Waals surface area contributed by atoms with Gasteiger partial charge in [0.05, 0.1) is 0 Å². The summed E-state index contributed by atoms with van der Waals surface area (Å²) in [6.07, 6.45) is 3.00. The fourth-order valence-corrected chi connectivity index (χ4v) is 2.66. The maximum atomic E-state index is 10.6. The van der Waals surface area contributed by atoms with Gasteiger partial charge in [0, 0.05) is 12.8 Å². The molecule has 4 nitrogen and oxygen atoms in total. The number of aliphatic carboxylic acids is 2. The Labute approximate surface area is 152 Å². The van der Waals surface area contributed by atoms with Gasteiger partial charge >= 0.3 is 71.1 Å². The maximum absolute atomic E-state index is 10.6. The predicted octanol–water partition coefficient (Wildman–Crippen LogP) is 1.08. The molecule has 1 fully saturated rings. The molecule has 0 aromatic heterocycles. The van der Waals surface area contributed by atoms with Crippen LogP contribution in [0.1, 0.15) is 46.0 Å². The van der Waals surface area contributed by atoms with E-state index in [-0.39, 0.29) is 83.3 Å².